The minimum absolute atomic E-state index is 0.00495. The number of allylic oxidation sites excluding steroid dienone is 1. The number of hydrogen-bond donors (Lipinski definition) is 4. The van der Waals surface area contributed by atoms with Crippen LogP contribution in [-0.4, -0.2) is 100 Å². The molecule has 5 aliphatic heterocycles. The summed E-state index contributed by atoms with van der Waals surface area (Å²) in [6.45, 7) is 6.15. The zero-order valence-corrected chi connectivity index (χ0v) is 40.7. The van der Waals surface area contributed by atoms with Gasteiger partial charge in [-0.05, 0) is 124 Å². The minimum atomic E-state index is -1.97. The van der Waals surface area contributed by atoms with Gasteiger partial charge in [-0.25, -0.2) is 0 Å². The highest BCUT2D eigenvalue weighted by atomic mass is 16.3. The molecule has 0 aliphatic carbocycles. The van der Waals surface area contributed by atoms with Gasteiger partial charge in [-0.2, -0.15) is 0 Å². The molecule has 6 heterocycles. The number of hydrogen-bond acceptors (Lipinski definition) is 11. The van der Waals surface area contributed by atoms with Crippen molar-refractivity contribution in [2.75, 3.05) is 70.6 Å². The number of amides is 3. The lowest BCUT2D eigenvalue weighted by Crippen LogP contribution is -2.55. The minimum Gasteiger partial charge on any atom is -0.395 e. The monoisotopic (exact) mass is 966 g/mol. The van der Waals surface area contributed by atoms with Crippen LogP contribution in [0.25, 0.3) is 0 Å². The number of para-hydroxylation sites is 2. The maximum atomic E-state index is 15.1. The van der Waals surface area contributed by atoms with E-state index in [-0.39, 0.29) is 30.9 Å². The molecular formula is C57H62N10O5. The van der Waals surface area contributed by atoms with Gasteiger partial charge in [-0.3, -0.25) is 28.9 Å². The summed E-state index contributed by atoms with van der Waals surface area (Å²) in [5, 5.41) is 38.8. The van der Waals surface area contributed by atoms with Gasteiger partial charge in [-0.15, -0.1) is 5.10 Å². The Morgan fingerprint density at radius 3 is 1.78 bits per heavy atom. The fourth-order valence-electron chi connectivity index (χ4n) is 11.8. The third-order valence-electron chi connectivity index (χ3n) is 15.9. The van der Waals surface area contributed by atoms with Gasteiger partial charge < -0.3 is 35.5 Å². The molecule has 6 aromatic rings. The Balaban J connectivity index is 0.875. The first-order chi connectivity index (χ1) is 35.1. The highest BCUT2D eigenvalue weighted by Gasteiger charge is 2.56. The second-order valence-corrected chi connectivity index (χ2v) is 19.9. The van der Waals surface area contributed by atoms with E-state index in [1.807, 2.05) is 156 Å². The zero-order chi connectivity index (χ0) is 49.5. The van der Waals surface area contributed by atoms with Crippen molar-refractivity contribution in [2.45, 2.75) is 74.7 Å². The van der Waals surface area contributed by atoms with Gasteiger partial charge in [0.2, 0.25) is 0 Å². The Kier molecular flexibility index (Phi) is 12.7. The van der Waals surface area contributed by atoms with E-state index in [1.165, 1.54) is 0 Å². The fourth-order valence-corrected chi connectivity index (χ4v) is 11.8. The summed E-state index contributed by atoms with van der Waals surface area (Å²) in [5.41, 5.74) is 3.55. The van der Waals surface area contributed by atoms with E-state index in [2.05, 4.69) is 42.9 Å². The number of benzene rings is 5. The molecule has 0 saturated carbocycles. The second kappa shape index (κ2) is 19.4. The number of aryl methyl sites for hydroxylation is 1. The zero-order valence-electron chi connectivity index (χ0n) is 40.7. The fraction of sp³-hybridized carbons (Fsp3) is 0.351. The maximum Gasteiger partial charge on any atom is 0.264 e. The first kappa shape index (κ1) is 47.2. The molecule has 1 unspecified atom stereocenters. The number of aliphatic hydroxyl groups excluding tert-OH is 1. The summed E-state index contributed by atoms with van der Waals surface area (Å²) in [6.07, 6.45) is 8.96. The topological polar surface area (TPSA) is 163 Å². The highest BCUT2D eigenvalue weighted by molar-refractivity contribution is 6.10. The first-order valence-electron chi connectivity index (χ1n) is 25.4. The molecule has 3 atom stereocenters. The third kappa shape index (κ3) is 8.14. The summed E-state index contributed by atoms with van der Waals surface area (Å²) in [4.78, 5) is 54.1. The molecule has 15 heteroatoms. The van der Waals surface area contributed by atoms with Crippen molar-refractivity contribution in [3.63, 3.8) is 0 Å². The molecule has 15 nitrogen and oxygen atoms in total. The van der Waals surface area contributed by atoms with Gasteiger partial charge in [0.05, 0.1) is 43.8 Å². The van der Waals surface area contributed by atoms with E-state index < -0.39 is 28.5 Å². The molecule has 0 bridgehead atoms. The molecule has 2 spiro atoms. The van der Waals surface area contributed by atoms with Gasteiger partial charge in [0, 0.05) is 47.0 Å². The molecule has 1 aromatic heterocycles. The molecule has 4 N–H and O–H groups in total. The van der Waals surface area contributed by atoms with Crippen LogP contribution in [0.15, 0.2) is 152 Å². The average Bonchev–Trinajstić information content (AvgIpc) is 4.14. The van der Waals surface area contributed by atoms with Crippen LogP contribution in [0.4, 0.5) is 28.4 Å². The molecule has 3 amide bonds. The number of carbonyl (C=O) groups is 3. The van der Waals surface area contributed by atoms with Crippen molar-refractivity contribution in [3.05, 3.63) is 174 Å². The molecule has 4 fully saturated rings. The Bertz CT molecular complexity index is 2940. The van der Waals surface area contributed by atoms with Crippen LogP contribution in [0.3, 0.4) is 0 Å². The predicted octanol–water partition coefficient (Wildman–Crippen LogP) is 6.29. The van der Waals surface area contributed by atoms with Crippen LogP contribution in [0.2, 0.25) is 0 Å². The summed E-state index contributed by atoms with van der Waals surface area (Å²) < 4.78 is 1.74. The molecule has 4 saturated heterocycles. The van der Waals surface area contributed by atoms with Gasteiger partial charge in [-0.1, -0.05) is 103 Å². The molecule has 11 rings (SSSR count). The van der Waals surface area contributed by atoms with E-state index in [1.54, 1.807) is 9.58 Å². The van der Waals surface area contributed by atoms with Crippen LogP contribution in [0.5, 0.6) is 0 Å². The Labute approximate surface area is 420 Å². The average molecular weight is 967 g/mol. The van der Waals surface area contributed by atoms with E-state index in [0.29, 0.717) is 74.6 Å². The number of carbonyl (C=O) groups excluding carboxylic acids is 3. The lowest BCUT2D eigenvalue weighted by Gasteiger charge is -2.39. The summed E-state index contributed by atoms with van der Waals surface area (Å²) in [5.74, 6) is -1.33. The number of piperidine rings is 2. The summed E-state index contributed by atoms with van der Waals surface area (Å²) in [6, 6.07) is 43.4. The van der Waals surface area contributed by atoms with Crippen LogP contribution >= 0.6 is 0 Å². The van der Waals surface area contributed by atoms with Crippen LogP contribution < -0.4 is 35.1 Å². The van der Waals surface area contributed by atoms with Crippen molar-refractivity contribution >= 4 is 46.2 Å². The van der Waals surface area contributed by atoms with Crippen LogP contribution in [0, 0.1) is 5.92 Å². The Morgan fingerprint density at radius 2 is 1.21 bits per heavy atom. The molecular weight excluding hydrogens is 905 g/mol. The molecule has 72 heavy (non-hydrogen) atoms. The standard InChI is InChI=1S/C57H62N10O5/c1-41(13-11-12-34-62-37-50(60-61-62)48(38-68)43-14-5-2-6-15-43)57(72)49-35-47(65-40-67(46-18-9-4-10-19-46)56(53(65)70)28-32-59-33-29-56)24-25-51(49)63(54(57)71)36-42-20-22-44(23-21-42)64-39-66(45-16-7-3-8-17-45)55(52(64)69)26-30-58-31-27-55/h2-11,13-25,35,37,41,48,58-59,68,72H,12,26-34,36,38-40H2,1H3/b13-11+/t41-,48?,57+/m1/s1. The number of rotatable bonds is 14. The highest BCUT2D eigenvalue weighted by Crippen LogP contribution is 2.49. The largest absolute Gasteiger partial charge is 0.395 e. The van der Waals surface area contributed by atoms with Gasteiger partial charge in [0.25, 0.3) is 17.7 Å². The number of anilines is 5. The molecule has 5 aromatic carbocycles. The second-order valence-electron chi connectivity index (χ2n) is 19.9. The first-order valence-corrected chi connectivity index (χ1v) is 25.4. The normalized spacial score (nSPS) is 21.4. The van der Waals surface area contributed by atoms with Gasteiger partial charge in [0.15, 0.2) is 5.60 Å². The number of nitrogens with zero attached hydrogens (tertiary/aromatic N) is 8. The molecule has 5 aliphatic rings. The van der Waals surface area contributed by atoms with Crippen LogP contribution in [0.1, 0.15) is 67.3 Å². The predicted molar refractivity (Wildman–Crippen MR) is 279 cm³/mol. The van der Waals surface area contributed by atoms with Crippen molar-refractivity contribution in [2.24, 2.45) is 5.92 Å². The lowest BCUT2D eigenvalue weighted by atomic mass is 9.82. The van der Waals surface area contributed by atoms with E-state index in [0.717, 1.165) is 54.4 Å². The summed E-state index contributed by atoms with van der Waals surface area (Å²) in [7, 11) is 0. The Hall–Kier alpha value is -7.17. The maximum absolute atomic E-state index is 15.1. The Morgan fingerprint density at radius 1 is 0.667 bits per heavy atom. The van der Waals surface area contributed by atoms with Crippen molar-refractivity contribution < 1.29 is 24.6 Å². The number of nitrogens with one attached hydrogen (secondary N) is 2. The third-order valence-corrected chi connectivity index (χ3v) is 15.9. The van der Waals surface area contributed by atoms with Crippen molar-refractivity contribution in [3.8, 4) is 0 Å². The van der Waals surface area contributed by atoms with E-state index >= 15 is 4.79 Å². The van der Waals surface area contributed by atoms with Gasteiger partial charge >= 0.3 is 0 Å². The molecule has 0 radical (unpaired) electrons. The number of fused-ring (bicyclic) bond motifs is 1. The van der Waals surface area contributed by atoms with Crippen molar-refractivity contribution in [1.82, 2.24) is 25.6 Å². The van der Waals surface area contributed by atoms with Crippen LogP contribution in [-0.2, 0) is 33.1 Å². The van der Waals surface area contributed by atoms with Crippen molar-refractivity contribution in [1.29, 1.82) is 0 Å². The van der Waals surface area contributed by atoms with Gasteiger partial charge in [0.1, 0.15) is 11.1 Å². The lowest BCUT2D eigenvalue weighted by molar-refractivity contribution is -0.139. The van der Waals surface area contributed by atoms with E-state index in [9.17, 15) is 19.8 Å². The number of aromatic nitrogens is 3. The quantitative estimate of drug-likeness (QED) is 0.0910. The molecule has 370 valence electrons. The SMILES string of the molecule is C[C@H](/C=C/CCn1cc(C(CO)c2ccccc2)nn1)[C@@]1(O)C(=O)N(Cc2ccc(N3CN(c4ccccc4)C4(CCNCC4)C3=O)cc2)c2ccc(N3CN(c4ccccc4)C4(CCNCC4)C3=O)cc21. The summed E-state index contributed by atoms with van der Waals surface area (Å²) >= 11 is 0. The van der Waals surface area contributed by atoms with E-state index in [4.69, 9.17) is 0 Å². The number of aliphatic hydroxyl groups is 2. The smallest absolute Gasteiger partial charge is 0.264 e.